The third kappa shape index (κ3) is 5.71. The quantitative estimate of drug-likeness (QED) is 0.303. The average molecular weight is 536 g/mol. The maximum absolute atomic E-state index is 13.7. The van der Waals surface area contributed by atoms with Crippen molar-refractivity contribution in [2.24, 2.45) is 0 Å². The Labute approximate surface area is 195 Å². The predicted octanol–water partition coefficient (Wildman–Crippen LogP) is 2.92. The second kappa shape index (κ2) is 10.6. The molecule has 1 aliphatic heterocycles. The van der Waals surface area contributed by atoms with E-state index in [4.69, 9.17) is 18.9 Å². The van der Waals surface area contributed by atoms with Gasteiger partial charge in [0.15, 0.2) is 23.6 Å². The van der Waals surface area contributed by atoms with Crippen molar-refractivity contribution in [3.63, 3.8) is 0 Å². The number of hydrogen-bond acceptors (Lipinski definition) is 8. The zero-order valence-corrected chi connectivity index (χ0v) is 19.4. The highest BCUT2D eigenvalue weighted by molar-refractivity contribution is 9.09. The molecular formula is C20H21BrF3N3O6. The molecule has 2 aromatic rings. The maximum Gasteiger partial charge on any atom is 0.303 e. The molecule has 2 heterocycles. The SMILES string of the molecule is CCO[C@@H]1[C@@H](n2cc(-c3cc(F)c(F)c(F)c3)nn2)[C@@H](OC(C)=O)[C@@H](COC(C)=O)O[C@@H]1Br. The molecule has 1 aromatic heterocycles. The number of carbonyl (C=O) groups is 2. The maximum atomic E-state index is 13.7. The molecule has 0 amide bonds. The van der Waals surface area contributed by atoms with Gasteiger partial charge in [0.1, 0.15) is 35.6 Å². The van der Waals surface area contributed by atoms with Crippen LogP contribution in [0.5, 0.6) is 0 Å². The number of benzene rings is 1. The van der Waals surface area contributed by atoms with E-state index in [9.17, 15) is 22.8 Å². The van der Waals surface area contributed by atoms with Gasteiger partial charge in [0.05, 0.1) is 6.20 Å². The molecule has 0 spiro atoms. The summed E-state index contributed by atoms with van der Waals surface area (Å²) in [5, 5.41) is 7.23. The van der Waals surface area contributed by atoms with E-state index in [1.54, 1.807) is 6.92 Å². The molecule has 1 fully saturated rings. The van der Waals surface area contributed by atoms with Crippen molar-refractivity contribution in [2.45, 2.75) is 50.1 Å². The molecule has 9 nitrogen and oxygen atoms in total. The summed E-state index contributed by atoms with van der Waals surface area (Å²) in [6.45, 7) is 4.22. The monoisotopic (exact) mass is 535 g/mol. The number of esters is 2. The number of ether oxygens (including phenoxy) is 4. The highest BCUT2D eigenvalue weighted by Crippen LogP contribution is 2.37. The Bertz CT molecular complexity index is 1000. The minimum absolute atomic E-state index is 0.0405. The summed E-state index contributed by atoms with van der Waals surface area (Å²) in [6.07, 6.45) is -1.31. The zero-order valence-electron chi connectivity index (χ0n) is 17.8. The highest BCUT2D eigenvalue weighted by atomic mass is 79.9. The van der Waals surface area contributed by atoms with E-state index in [2.05, 4.69) is 26.2 Å². The molecule has 0 N–H and O–H groups in total. The van der Waals surface area contributed by atoms with Crippen LogP contribution < -0.4 is 0 Å². The van der Waals surface area contributed by atoms with Crippen LogP contribution in [-0.2, 0) is 28.5 Å². The first kappa shape index (κ1) is 25.1. The zero-order chi connectivity index (χ0) is 24.3. The Morgan fingerprint density at radius 2 is 1.82 bits per heavy atom. The van der Waals surface area contributed by atoms with Gasteiger partial charge in [-0.05, 0) is 19.1 Å². The molecule has 33 heavy (non-hydrogen) atoms. The minimum Gasteiger partial charge on any atom is -0.463 e. The summed E-state index contributed by atoms with van der Waals surface area (Å²) in [6, 6.07) is 0.748. The van der Waals surface area contributed by atoms with E-state index < -0.39 is 58.8 Å². The largest absolute Gasteiger partial charge is 0.463 e. The van der Waals surface area contributed by atoms with Crippen LogP contribution in [0.1, 0.15) is 26.8 Å². The van der Waals surface area contributed by atoms with E-state index >= 15 is 0 Å². The van der Waals surface area contributed by atoms with E-state index in [1.165, 1.54) is 24.7 Å². The van der Waals surface area contributed by atoms with Crippen LogP contribution >= 0.6 is 15.9 Å². The number of hydrogen-bond donors (Lipinski definition) is 0. The number of aromatic nitrogens is 3. The van der Waals surface area contributed by atoms with Crippen molar-refractivity contribution < 1.29 is 41.7 Å². The fourth-order valence-corrected chi connectivity index (χ4v) is 4.22. The number of carbonyl (C=O) groups excluding carboxylic acids is 2. The summed E-state index contributed by atoms with van der Waals surface area (Å²) in [5.74, 6) is -5.54. The summed E-state index contributed by atoms with van der Waals surface area (Å²) in [7, 11) is 0. The van der Waals surface area contributed by atoms with E-state index in [0.29, 0.717) is 0 Å². The number of nitrogens with zero attached hydrogens (tertiary/aromatic N) is 3. The topological polar surface area (TPSA) is 102 Å². The second-order valence-corrected chi connectivity index (χ2v) is 8.05. The molecule has 3 rings (SSSR count). The van der Waals surface area contributed by atoms with Gasteiger partial charge in [0.25, 0.3) is 0 Å². The fraction of sp³-hybridized carbons (Fsp3) is 0.500. The van der Waals surface area contributed by atoms with E-state index in [1.807, 2.05) is 0 Å². The molecule has 13 heteroatoms. The second-order valence-electron chi connectivity index (χ2n) is 7.15. The fourth-order valence-electron chi connectivity index (χ4n) is 3.48. The average Bonchev–Trinajstić information content (AvgIpc) is 3.22. The Balaban J connectivity index is 2.02. The van der Waals surface area contributed by atoms with Crippen molar-refractivity contribution in [3.05, 3.63) is 35.8 Å². The van der Waals surface area contributed by atoms with Gasteiger partial charge >= 0.3 is 11.9 Å². The summed E-state index contributed by atoms with van der Waals surface area (Å²) in [5.41, 5.74) is -0.00710. The van der Waals surface area contributed by atoms with Crippen molar-refractivity contribution in [2.75, 3.05) is 13.2 Å². The number of halogens is 4. The molecule has 0 saturated carbocycles. The van der Waals surface area contributed by atoms with Gasteiger partial charge in [-0.2, -0.15) is 0 Å². The van der Waals surface area contributed by atoms with E-state index in [0.717, 1.165) is 12.1 Å². The van der Waals surface area contributed by atoms with Crippen LogP contribution in [0, 0.1) is 17.5 Å². The van der Waals surface area contributed by atoms with Crippen molar-refractivity contribution >= 4 is 27.9 Å². The molecule has 1 saturated heterocycles. The Hall–Kier alpha value is -2.51. The van der Waals surface area contributed by atoms with Crippen LogP contribution in [-0.4, -0.2) is 63.5 Å². The summed E-state index contributed by atoms with van der Waals surface area (Å²) < 4.78 is 64.2. The molecule has 0 bridgehead atoms. The van der Waals surface area contributed by atoms with Gasteiger partial charge < -0.3 is 18.9 Å². The standard InChI is InChI=1S/C20H21BrF3N3O6/c1-4-30-19-17(18(32-10(3)29)15(33-20(19)21)8-31-9(2)28)27-7-14(25-26-27)11-5-12(22)16(24)13(23)6-11/h5-7,15,17-20H,4,8H2,1-3H3/t15-,17+,18+,19-,20+/m1/s1. The summed E-state index contributed by atoms with van der Waals surface area (Å²) in [4.78, 5) is 23.2. The van der Waals surface area contributed by atoms with Gasteiger partial charge in [-0.1, -0.05) is 21.1 Å². The van der Waals surface area contributed by atoms with Crippen molar-refractivity contribution in [3.8, 4) is 11.3 Å². The molecule has 0 radical (unpaired) electrons. The normalized spacial score (nSPS) is 25.0. The molecule has 5 atom stereocenters. The molecule has 1 aliphatic rings. The summed E-state index contributed by atoms with van der Waals surface area (Å²) >= 11 is 3.38. The smallest absolute Gasteiger partial charge is 0.303 e. The number of rotatable bonds is 7. The highest BCUT2D eigenvalue weighted by Gasteiger charge is 2.49. The first-order valence-corrected chi connectivity index (χ1v) is 10.8. The Kier molecular flexibility index (Phi) is 8.08. The molecule has 180 valence electrons. The van der Waals surface area contributed by atoms with Gasteiger partial charge in [-0.25, -0.2) is 17.9 Å². The molecule has 0 aliphatic carbocycles. The van der Waals surface area contributed by atoms with Crippen LogP contribution in [0.2, 0.25) is 0 Å². The lowest BCUT2D eigenvalue weighted by Gasteiger charge is -2.43. The Morgan fingerprint density at radius 1 is 1.15 bits per heavy atom. The van der Waals surface area contributed by atoms with E-state index in [-0.39, 0.29) is 24.5 Å². The van der Waals surface area contributed by atoms with Crippen LogP contribution in [0.3, 0.4) is 0 Å². The van der Waals surface area contributed by atoms with Gasteiger partial charge in [0.2, 0.25) is 0 Å². The van der Waals surface area contributed by atoms with Crippen LogP contribution in [0.4, 0.5) is 13.2 Å². The first-order valence-electron chi connectivity index (χ1n) is 9.90. The lowest BCUT2D eigenvalue weighted by atomic mass is 9.96. The van der Waals surface area contributed by atoms with Gasteiger partial charge in [-0.15, -0.1) is 5.10 Å². The first-order chi connectivity index (χ1) is 15.6. The molecule has 0 unspecified atom stereocenters. The van der Waals surface area contributed by atoms with Gasteiger partial charge in [0, 0.05) is 26.0 Å². The van der Waals surface area contributed by atoms with Crippen molar-refractivity contribution in [1.82, 2.24) is 15.0 Å². The molecule has 1 aromatic carbocycles. The Morgan fingerprint density at radius 3 is 2.39 bits per heavy atom. The predicted molar refractivity (Wildman–Crippen MR) is 110 cm³/mol. The third-order valence-electron chi connectivity index (χ3n) is 4.81. The lowest BCUT2D eigenvalue weighted by Crippen LogP contribution is -2.56. The van der Waals surface area contributed by atoms with Crippen molar-refractivity contribution in [1.29, 1.82) is 0 Å². The number of alkyl halides is 1. The molecular weight excluding hydrogens is 515 g/mol. The lowest BCUT2D eigenvalue weighted by molar-refractivity contribution is -0.210. The van der Waals surface area contributed by atoms with Crippen LogP contribution in [0.15, 0.2) is 18.3 Å². The van der Waals surface area contributed by atoms with Gasteiger partial charge in [-0.3, -0.25) is 9.59 Å². The minimum atomic E-state index is -1.60. The van der Waals surface area contributed by atoms with Crippen LogP contribution in [0.25, 0.3) is 11.3 Å². The third-order valence-corrected chi connectivity index (χ3v) is 5.55.